The van der Waals surface area contributed by atoms with Gasteiger partial charge in [-0.15, -0.1) is 0 Å². The molecule has 0 aliphatic heterocycles. The van der Waals surface area contributed by atoms with Crippen molar-refractivity contribution in [2.24, 2.45) is 0 Å². The highest BCUT2D eigenvalue weighted by Crippen LogP contribution is 2.34. The fourth-order valence-corrected chi connectivity index (χ4v) is 2.89. The molecule has 0 fully saturated rings. The highest BCUT2D eigenvalue weighted by molar-refractivity contribution is 7.51. The van der Waals surface area contributed by atoms with Gasteiger partial charge in [0.15, 0.2) is 0 Å². The maximum atomic E-state index is 10.6. The van der Waals surface area contributed by atoms with Crippen LogP contribution in [0.5, 0.6) is 0 Å². The smallest absolute Gasteiger partial charge is 0.328 e. The quantitative estimate of drug-likeness (QED) is 0.317. The Morgan fingerprint density at radius 3 is 1.86 bits per heavy atom. The van der Waals surface area contributed by atoms with Crippen molar-refractivity contribution in [1.82, 2.24) is 0 Å². The third-order valence-electron chi connectivity index (χ3n) is 3.40. The average Bonchev–Trinajstić information content (AvgIpc) is 2.38. The second-order valence-electron chi connectivity index (χ2n) is 5.76. The van der Waals surface area contributed by atoms with Crippen LogP contribution in [0, 0.1) is 0 Å². The lowest BCUT2D eigenvalue weighted by molar-refractivity contribution is 0.0438. The Kier molecular flexibility index (Phi) is 13.8. The molecule has 1 atom stereocenters. The lowest BCUT2D eigenvalue weighted by Crippen LogP contribution is -2.20. The zero-order valence-corrected chi connectivity index (χ0v) is 14.3. The van der Waals surface area contributed by atoms with Crippen molar-refractivity contribution in [3.8, 4) is 0 Å². The highest BCUT2D eigenvalue weighted by Gasteiger charge is 2.19. The molecule has 0 aromatic rings. The van der Waals surface area contributed by atoms with Gasteiger partial charge in [-0.3, -0.25) is 4.57 Å². The molecule has 0 heterocycles. The van der Waals surface area contributed by atoms with E-state index in [4.69, 9.17) is 14.5 Å². The summed E-state index contributed by atoms with van der Waals surface area (Å²) in [5.74, 6) is 0. The maximum Gasteiger partial charge on any atom is 0.328 e. The normalized spacial score (nSPS) is 13.5. The molecule has 0 saturated carbocycles. The van der Waals surface area contributed by atoms with E-state index in [0.717, 1.165) is 12.8 Å². The first kappa shape index (κ1) is 21.1. The molecule has 128 valence electrons. The highest BCUT2D eigenvalue weighted by atomic mass is 31.2. The van der Waals surface area contributed by atoms with E-state index in [9.17, 15) is 9.67 Å². The van der Waals surface area contributed by atoms with Gasteiger partial charge in [0.05, 0.1) is 18.9 Å². The van der Waals surface area contributed by atoms with Crippen LogP contribution in [0.2, 0.25) is 0 Å². The molecule has 0 aromatic carbocycles. The number of hydrogen-bond acceptors (Lipinski definition) is 3. The van der Waals surface area contributed by atoms with Crippen LogP contribution in [0.25, 0.3) is 0 Å². The van der Waals surface area contributed by atoms with Crippen LogP contribution in [0.15, 0.2) is 0 Å². The summed E-state index contributed by atoms with van der Waals surface area (Å²) in [5.41, 5.74) is 0. The minimum absolute atomic E-state index is 0.00252. The Morgan fingerprint density at radius 1 is 0.905 bits per heavy atom. The van der Waals surface area contributed by atoms with Crippen molar-refractivity contribution < 1.29 is 24.2 Å². The molecule has 0 aliphatic carbocycles. The van der Waals surface area contributed by atoms with Gasteiger partial charge in [-0.05, 0) is 6.42 Å². The number of aliphatic hydroxyl groups is 1. The lowest BCUT2D eigenvalue weighted by Gasteiger charge is -2.11. The maximum absolute atomic E-state index is 10.6. The number of hydrogen-bond donors (Lipinski definition) is 3. The molecule has 0 amide bonds. The lowest BCUT2D eigenvalue weighted by atomic mass is 10.1. The molecule has 21 heavy (non-hydrogen) atoms. The first-order valence-corrected chi connectivity index (χ1v) is 10.1. The Bertz CT molecular complexity index is 267. The van der Waals surface area contributed by atoms with E-state index in [0.29, 0.717) is 6.61 Å². The van der Waals surface area contributed by atoms with Gasteiger partial charge < -0.3 is 19.6 Å². The fraction of sp³-hybridized carbons (Fsp3) is 1.00. The SMILES string of the molecule is CCCCCCCCCCCCOCC(O)CP(=O)(O)O. The van der Waals surface area contributed by atoms with E-state index in [2.05, 4.69) is 6.92 Å². The van der Waals surface area contributed by atoms with Gasteiger partial charge in [0.25, 0.3) is 0 Å². The van der Waals surface area contributed by atoms with Crippen molar-refractivity contribution in [2.45, 2.75) is 77.2 Å². The molecule has 6 heteroatoms. The molecule has 3 N–H and O–H groups in total. The van der Waals surface area contributed by atoms with E-state index in [1.807, 2.05) is 0 Å². The Hall–Kier alpha value is 0.0700. The molecular formula is C15H33O5P. The van der Waals surface area contributed by atoms with Crippen LogP contribution in [0.4, 0.5) is 0 Å². The summed E-state index contributed by atoms with van der Waals surface area (Å²) < 4.78 is 15.9. The van der Waals surface area contributed by atoms with Gasteiger partial charge in [0.1, 0.15) is 0 Å². The van der Waals surface area contributed by atoms with Gasteiger partial charge in [0, 0.05) is 6.61 Å². The van der Waals surface area contributed by atoms with Crippen molar-refractivity contribution in [2.75, 3.05) is 19.4 Å². The Labute approximate surface area is 129 Å². The minimum atomic E-state index is -4.14. The van der Waals surface area contributed by atoms with Gasteiger partial charge >= 0.3 is 7.60 Å². The predicted octanol–water partition coefficient (Wildman–Crippen LogP) is 3.46. The summed E-state index contributed by atoms with van der Waals surface area (Å²) in [6.45, 7) is 2.78. The second kappa shape index (κ2) is 13.7. The first-order chi connectivity index (χ1) is 9.95. The van der Waals surface area contributed by atoms with Crippen LogP contribution in [0.1, 0.15) is 71.1 Å². The molecule has 0 saturated heterocycles. The standard InChI is InChI=1S/C15H33O5P/c1-2-3-4-5-6-7-8-9-10-11-12-20-13-15(16)14-21(17,18)19/h15-16H,2-14H2,1H3,(H2,17,18,19). The Balaban J connectivity index is 3.17. The molecule has 0 aromatic heterocycles. The van der Waals surface area contributed by atoms with Crippen molar-refractivity contribution >= 4 is 7.60 Å². The molecule has 0 radical (unpaired) electrons. The summed E-state index contributed by atoms with van der Waals surface area (Å²) in [7, 11) is -4.14. The van der Waals surface area contributed by atoms with E-state index < -0.39 is 19.9 Å². The zero-order chi connectivity index (χ0) is 16.0. The molecule has 0 rings (SSSR count). The van der Waals surface area contributed by atoms with Gasteiger partial charge in [0.2, 0.25) is 0 Å². The fourth-order valence-electron chi connectivity index (χ4n) is 2.24. The van der Waals surface area contributed by atoms with E-state index >= 15 is 0 Å². The number of ether oxygens (including phenoxy) is 1. The van der Waals surface area contributed by atoms with Crippen LogP contribution in [-0.2, 0) is 9.30 Å². The summed E-state index contributed by atoms with van der Waals surface area (Å²) >= 11 is 0. The average molecular weight is 324 g/mol. The molecule has 0 aliphatic rings. The van der Waals surface area contributed by atoms with E-state index in [1.165, 1.54) is 51.4 Å². The largest absolute Gasteiger partial charge is 0.390 e. The van der Waals surface area contributed by atoms with E-state index in [-0.39, 0.29) is 6.61 Å². The first-order valence-electron chi connectivity index (χ1n) is 8.26. The predicted molar refractivity (Wildman–Crippen MR) is 85.6 cm³/mol. The third kappa shape index (κ3) is 18.0. The number of rotatable bonds is 15. The topological polar surface area (TPSA) is 87.0 Å². The summed E-state index contributed by atoms with van der Waals surface area (Å²) in [4.78, 5) is 17.3. The summed E-state index contributed by atoms with van der Waals surface area (Å²) in [5, 5.41) is 9.33. The minimum Gasteiger partial charge on any atom is -0.390 e. The Morgan fingerprint density at radius 2 is 1.38 bits per heavy atom. The van der Waals surface area contributed by atoms with Crippen molar-refractivity contribution in [3.05, 3.63) is 0 Å². The second-order valence-corrected chi connectivity index (χ2v) is 7.45. The van der Waals surface area contributed by atoms with Crippen LogP contribution in [0.3, 0.4) is 0 Å². The third-order valence-corrected chi connectivity index (χ3v) is 4.30. The molecule has 0 spiro atoms. The van der Waals surface area contributed by atoms with Crippen molar-refractivity contribution in [1.29, 1.82) is 0 Å². The monoisotopic (exact) mass is 324 g/mol. The van der Waals surface area contributed by atoms with Crippen molar-refractivity contribution in [3.63, 3.8) is 0 Å². The number of unbranched alkanes of at least 4 members (excludes halogenated alkanes) is 9. The molecule has 5 nitrogen and oxygen atoms in total. The zero-order valence-electron chi connectivity index (χ0n) is 13.4. The van der Waals surface area contributed by atoms with Crippen LogP contribution >= 0.6 is 7.60 Å². The summed E-state index contributed by atoms with van der Waals surface area (Å²) in [6.07, 6.45) is 11.0. The van der Waals surface area contributed by atoms with Gasteiger partial charge in [-0.1, -0.05) is 64.7 Å². The van der Waals surface area contributed by atoms with E-state index in [1.54, 1.807) is 0 Å². The molecule has 0 bridgehead atoms. The van der Waals surface area contributed by atoms with Crippen LogP contribution < -0.4 is 0 Å². The summed E-state index contributed by atoms with van der Waals surface area (Å²) in [6, 6.07) is 0. The van der Waals surface area contributed by atoms with Gasteiger partial charge in [-0.25, -0.2) is 0 Å². The molecular weight excluding hydrogens is 291 g/mol. The van der Waals surface area contributed by atoms with Crippen LogP contribution in [-0.4, -0.2) is 40.4 Å². The number of aliphatic hydroxyl groups excluding tert-OH is 1. The molecule has 1 unspecified atom stereocenters. The van der Waals surface area contributed by atoms with Gasteiger partial charge in [-0.2, -0.15) is 0 Å².